The number of aromatic nitrogens is 2. The van der Waals surface area contributed by atoms with Crippen LogP contribution in [0.2, 0.25) is 0 Å². The van der Waals surface area contributed by atoms with E-state index in [0.29, 0.717) is 13.0 Å². The first-order chi connectivity index (χ1) is 8.72. The Kier molecular flexibility index (Phi) is 4.11. The summed E-state index contributed by atoms with van der Waals surface area (Å²) in [5.74, 6) is 0.611. The summed E-state index contributed by atoms with van der Waals surface area (Å²) in [4.78, 5) is 16.6. The van der Waals surface area contributed by atoms with Crippen molar-refractivity contribution in [1.29, 1.82) is 0 Å². The molecule has 18 heavy (non-hydrogen) atoms. The molecule has 2 rings (SSSR count). The zero-order valence-electron chi connectivity index (χ0n) is 10.2. The average Bonchev–Trinajstić information content (AvgIpc) is 2.99. The second kappa shape index (κ2) is 5.79. The molecular weight excluding hydrogens is 248 g/mol. The number of thiophene rings is 1. The molecule has 5 nitrogen and oxygen atoms in total. The monoisotopic (exact) mass is 264 g/mol. The van der Waals surface area contributed by atoms with Gasteiger partial charge in [0, 0.05) is 18.9 Å². The van der Waals surface area contributed by atoms with E-state index in [2.05, 4.69) is 10.3 Å². The number of primary amides is 1. The number of hydrogen-bond acceptors (Lipinski definition) is 4. The molecule has 2 aromatic heterocycles. The van der Waals surface area contributed by atoms with Crippen molar-refractivity contribution >= 4 is 17.2 Å². The Bertz CT molecular complexity index is 506. The number of amides is 1. The number of hydrogen-bond donors (Lipinski definition) is 2. The SMILES string of the molecule is CNC(CCn1ccnc1-c1cccs1)C(N)=O. The van der Waals surface area contributed by atoms with Crippen molar-refractivity contribution < 1.29 is 4.79 Å². The lowest BCUT2D eigenvalue weighted by Gasteiger charge is -2.13. The molecular formula is C12H16N4OS. The lowest BCUT2D eigenvalue weighted by atomic mass is 10.2. The summed E-state index contributed by atoms with van der Waals surface area (Å²) < 4.78 is 2.04. The van der Waals surface area contributed by atoms with Crippen molar-refractivity contribution in [2.24, 2.45) is 5.73 Å². The number of carbonyl (C=O) groups is 1. The average molecular weight is 264 g/mol. The summed E-state index contributed by atoms with van der Waals surface area (Å²) in [7, 11) is 1.74. The number of carbonyl (C=O) groups excluding carboxylic acids is 1. The molecule has 6 heteroatoms. The summed E-state index contributed by atoms with van der Waals surface area (Å²) in [5, 5.41) is 4.93. The van der Waals surface area contributed by atoms with E-state index in [1.807, 2.05) is 28.3 Å². The fraction of sp³-hybridized carbons (Fsp3) is 0.333. The third kappa shape index (κ3) is 2.77. The molecule has 96 valence electrons. The lowest BCUT2D eigenvalue weighted by Crippen LogP contribution is -2.39. The zero-order chi connectivity index (χ0) is 13.0. The van der Waals surface area contributed by atoms with Crippen LogP contribution in [-0.4, -0.2) is 28.5 Å². The molecule has 0 aliphatic heterocycles. The molecule has 1 unspecified atom stereocenters. The van der Waals surface area contributed by atoms with Crippen LogP contribution in [0.5, 0.6) is 0 Å². The molecule has 0 aliphatic carbocycles. The molecule has 1 amide bonds. The summed E-state index contributed by atoms with van der Waals surface area (Å²) in [6.07, 6.45) is 4.34. The van der Waals surface area contributed by atoms with Crippen LogP contribution in [0.4, 0.5) is 0 Å². The lowest BCUT2D eigenvalue weighted by molar-refractivity contribution is -0.120. The maximum atomic E-state index is 11.1. The standard InChI is InChI=1S/C12H16N4OS/c1-14-9(11(13)17)4-6-16-7-5-15-12(16)10-3-2-8-18-10/h2-3,5,7-9,14H,4,6H2,1H3,(H2,13,17). The number of nitrogens with two attached hydrogens (primary N) is 1. The third-order valence-electron chi connectivity index (χ3n) is 2.81. The Morgan fingerprint density at radius 1 is 1.67 bits per heavy atom. The Balaban J connectivity index is 2.07. The highest BCUT2D eigenvalue weighted by atomic mass is 32.1. The first-order valence-electron chi connectivity index (χ1n) is 5.74. The van der Waals surface area contributed by atoms with Crippen LogP contribution < -0.4 is 11.1 Å². The van der Waals surface area contributed by atoms with E-state index in [4.69, 9.17) is 5.73 Å². The maximum absolute atomic E-state index is 11.1. The summed E-state index contributed by atoms with van der Waals surface area (Å²) in [5.41, 5.74) is 5.30. The summed E-state index contributed by atoms with van der Waals surface area (Å²) >= 11 is 1.65. The number of likely N-dealkylation sites (N-methyl/N-ethyl adjacent to an activating group) is 1. The predicted molar refractivity (Wildman–Crippen MR) is 72.2 cm³/mol. The Morgan fingerprint density at radius 2 is 2.50 bits per heavy atom. The summed E-state index contributed by atoms with van der Waals surface area (Å²) in [6.45, 7) is 0.710. The van der Waals surface area contributed by atoms with Crippen LogP contribution in [0.15, 0.2) is 29.9 Å². The van der Waals surface area contributed by atoms with Crippen molar-refractivity contribution in [2.45, 2.75) is 19.0 Å². The number of rotatable bonds is 6. The van der Waals surface area contributed by atoms with Crippen LogP contribution in [-0.2, 0) is 11.3 Å². The van der Waals surface area contributed by atoms with Gasteiger partial charge in [0.1, 0.15) is 5.82 Å². The first kappa shape index (κ1) is 12.8. The van der Waals surface area contributed by atoms with Gasteiger partial charge in [-0.3, -0.25) is 4.79 Å². The summed E-state index contributed by atoms with van der Waals surface area (Å²) in [6, 6.07) is 3.73. The molecule has 3 N–H and O–H groups in total. The van der Waals surface area contributed by atoms with E-state index < -0.39 is 0 Å². The number of nitrogens with zero attached hydrogens (tertiary/aromatic N) is 2. The highest BCUT2D eigenvalue weighted by Gasteiger charge is 2.14. The van der Waals surface area contributed by atoms with E-state index in [-0.39, 0.29) is 11.9 Å². The fourth-order valence-corrected chi connectivity index (χ4v) is 2.55. The van der Waals surface area contributed by atoms with Crippen LogP contribution in [0, 0.1) is 0 Å². The van der Waals surface area contributed by atoms with Gasteiger partial charge in [-0.2, -0.15) is 0 Å². The maximum Gasteiger partial charge on any atom is 0.234 e. The van der Waals surface area contributed by atoms with Crippen molar-refractivity contribution in [3.8, 4) is 10.7 Å². The van der Waals surface area contributed by atoms with Gasteiger partial charge in [-0.15, -0.1) is 11.3 Å². The van der Waals surface area contributed by atoms with Crippen molar-refractivity contribution in [2.75, 3.05) is 7.05 Å². The van der Waals surface area contributed by atoms with Gasteiger partial charge in [0.15, 0.2) is 0 Å². The molecule has 0 bridgehead atoms. The van der Waals surface area contributed by atoms with Gasteiger partial charge in [-0.1, -0.05) is 6.07 Å². The second-order valence-corrected chi connectivity index (χ2v) is 4.90. The number of imidazole rings is 1. The topological polar surface area (TPSA) is 72.9 Å². The molecule has 0 aromatic carbocycles. The molecule has 0 spiro atoms. The number of nitrogens with one attached hydrogen (secondary N) is 1. The van der Waals surface area contributed by atoms with Crippen LogP contribution in [0.25, 0.3) is 10.7 Å². The van der Waals surface area contributed by atoms with Gasteiger partial charge in [-0.25, -0.2) is 4.98 Å². The van der Waals surface area contributed by atoms with Crippen LogP contribution in [0.1, 0.15) is 6.42 Å². The number of aryl methyl sites for hydroxylation is 1. The molecule has 1 atom stereocenters. The van der Waals surface area contributed by atoms with Gasteiger partial charge in [0.05, 0.1) is 10.9 Å². The van der Waals surface area contributed by atoms with E-state index in [0.717, 1.165) is 10.7 Å². The van der Waals surface area contributed by atoms with Crippen molar-refractivity contribution in [1.82, 2.24) is 14.9 Å². The zero-order valence-corrected chi connectivity index (χ0v) is 11.0. The van der Waals surface area contributed by atoms with Gasteiger partial charge >= 0.3 is 0 Å². The molecule has 2 heterocycles. The van der Waals surface area contributed by atoms with E-state index in [9.17, 15) is 4.79 Å². The molecule has 0 fully saturated rings. The van der Waals surface area contributed by atoms with Crippen LogP contribution in [0.3, 0.4) is 0 Å². The molecule has 0 radical (unpaired) electrons. The molecule has 0 aliphatic rings. The molecule has 0 saturated heterocycles. The van der Waals surface area contributed by atoms with Gasteiger partial charge in [0.25, 0.3) is 0 Å². The van der Waals surface area contributed by atoms with Crippen LogP contribution >= 0.6 is 11.3 Å². The minimum atomic E-state index is -0.324. The Labute approximate surface area is 110 Å². The minimum absolute atomic E-state index is 0.302. The minimum Gasteiger partial charge on any atom is -0.368 e. The Morgan fingerprint density at radius 3 is 3.11 bits per heavy atom. The Hall–Kier alpha value is -1.66. The van der Waals surface area contributed by atoms with E-state index in [1.54, 1.807) is 24.6 Å². The normalized spacial score (nSPS) is 12.5. The highest BCUT2D eigenvalue weighted by molar-refractivity contribution is 7.13. The predicted octanol–water partition coefficient (Wildman–Crippen LogP) is 1.07. The van der Waals surface area contributed by atoms with Gasteiger partial charge in [-0.05, 0) is 24.9 Å². The fourth-order valence-electron chi connectivity index (χ4n) is 1.82. The van der Waals surface area contributed by atoms with Gasteiger partial charge < -0.3 is 15.6 Å². The second-order valence-electron chi connectivity index (χ2n) is 3.95. The third-order valence-corrected chi connectivity index (χ3v) is 3.67. The van der Waals surface area contributed by atoms with E-state index in [1.165, 1.54) is 0 Å². The molecule has 2 aromatic rings. The molecule has 0 saturated carbocycles. The first-order valence-corrected chi connectivity index (χ1v) is 6.62. The van der Waals surface area contributed by atoms with Gasteiger partial charge in [0.2, 0.25) is 5.91 Å². The highest BCUT2D eigenvalue weighted by Crippen LogP contribution is 2.23. The van der Waals surface area contributed by atoms with Crippen molar-refractivity contribution in [3.63, 3.8) is 0 Å². The van der Waals surface area contributed by atoms with E-state index >= 15 is 0 Å². The largest absolute Gasteiger partial charge is 0.368 e. The van der Waals surface area contributed by atoms with Crippen molar-refractivity contribution in [3.05, 3.63) is 29.9 Å². The smallest absolute Gasteiger partial charge is 0.234 e. The quantitative estimate of drug-likeness (QED) is 0.820.